The summed E-state index contributed by atoms with van der Waals surface area (Å²) in [6.07, 6.45) is 5.00. The highest BCUT2D eigenvalue weighted by molar-refractivity contribution is 5.80. The van der Waals surface area contributed by atoms with E-state index in [0.29, 0.717) is 32.1 Å². The maximum Gasteiger partial charge on any atom is 0.191 e. The lowest BCUT2D eigenvalue weighted by molar-refractivity contribution is 0.0191. The fraction of sp³-hybridized carbons (Fsp3) is 0.667. The van der Waals surface area contributed by atoms with Crippen molar-refractivity contribution in [2.75, 3.05) is 51.4 Å². The summed E-state index contributed by atoms with van der Waals surface area (Å²) in [5.41, 5.74) is 0. The van der Waals surface area contributed by atoms with E-state index < -0.39 is 0 Å². The van der Waals surface area contributed by atoms with Crippen molar-refractivity contribution in [3.8, 4) is 0 Å². The predicted molar refractivity (Wildman–Crippen MR) is 99.1 cm³/mol. The first-order chi connectivity index (χ1) is 12.8. The van der Waals surface area contributed by atoms with E-state index in [-0.39, 0.29) is 18.0 Å². The van der Waals surface area contributed by atoms with Crippen molar-refractivity contribution in [3.63, 3.8) is 0 Å². The van der Waals surface area contributed by atoms with E-state index in [1.165, 1.54) is 6.07 Å². The lowest BCUT2D eigenvalue weighted by atomic mass is 10.2. The van der Waals surface area contributed by atoms with E-state index in [2.05, 4.69) is 20.6 Å². The molecule has 0 radical (unpaired) electrons. The number of pyridine rings is 1. The van der Waals surface area contributed by atoms with Crippen LogP contribution in [-0.2, 0) is 9.47 Å². The van der Waals surface area contributed by atoms with Crippen molar-refractivity contribution in [2.24, 2.45) is 4.99 Å². The second kappa shape index (κ2) is 9.68. The van der Waals surface area contributed by atoms with Crippen LogP contribution in [0.4, 0.5) is 10.2 Å². The molecule has 1 aromatic heterocycles. The summed E-state index contributed by atoms with van der Waals surface area (Å²) < 4.78 is 25.0. The molecule has 26 heavy (non-hydrogen) atoms. The molecule has 2 aliphatic rings. The van der Waals surface area contributed by atoms with E-state index >= 15 is 0 Å². The number of nitrogens with one attached hydrogen (secondary N) is 2. The normalized spacial score (nSPS) is 23.5. The third-order valence-electron chi connectivity index (χ3n) is 4.66. The fourth-order valence-electron chi connectivity index (χ4n) is 3.30. The minimum atomic E-state index is -0.279. The van der Waals surface area contributed by atoms with Gasteiger partial charge in [0.05, 0.1) is 19.3 Å². The van der Waals surface area contributed by atoms with Crippen LogP contribution in [0.1, 0.15) is 19.3 Å². The minimum absolute atomic E-state index is 0.204. The molecule has 0 aliphatic carbocycles. The zero-order valence-corrected chi connectivity index (χ0v) is 15.3. The Morgan fingerprint density at radius 2 is 2.42 bits per heavy atom. The topological polar surface area (TPSA) is 71.0 Å². The number of hydrogen-bond acceptors (Lipinski definition) is 5. The molecule has 3 heterocycles. The molecule has 0 bridgehead atoms. The van der Waals surface area contributed by atoms with Gasteiger partial charge in [-0.3, -0.25) is 4.99 Å². The van der Waals surface area contributed by atoms with Gasteiger partial charge in [0.25, 0.3) is 0 Å². The zero-order valence-electron chi connectivity index (χ0n) is 15.3. The number of nitrogens with zero attached hydrogens (tertiary/aromatic N) is 3. The van der Waals surface area contributed by atoms with Gasteiger partial charge in [-0.25, -0.2) is 9.37 Å². The van der Waals surface area contributed by atoms with Gasteiger partial charge in [0.1, 0.15) is 0 Å². The molecule has 2 atom stereocenters. The molecule has 7 nitrogen and oxygen atoms in total. The van der Waals surface area contributed by atoms with Crippen molar-refractivity contribution >= 4 is 11.8 Å². The summed E-state index contributed by atoms with van der Waals surface area (Å²) in [4.78, 5) is 10.4. The third kappa shape index (κ3) is 5.28. The van der Waals surface area contributed by atoms with E-state index in [0.717, 1.165) is 38.4 Å². The molecule has 0 saturated carbocycles. The Labute approximate surface area is 154 Å². The summed E-state index contributed by atoms with van der Waals surface area (Å²) in [5, 5.41) is 6.64. The molecule has 2 fully saturated rings. The molecule has 0 aromatic carbocycles. The predicted octanol–water partition coefficient (Wildman–Crippen LogP) is 1.16. The monoisotopic (exact) mass is 365 g/mol. The van der Waals surface area contributed by atoms with Gasteiger partial charge in [-0.2, -0.15) is 0 Å². The summed E-state index contributed by atoms with van der Waals surface area (Å²) >= 11 is 0. The molecule has 144 valence electrons. The molecule has 2 unspecified atom stereocenters. The SMILES string of the molecule is CN=C(NCCOCC1CCCO1)NC1CCN(c2ncccc2F)C1. The summed E-state index contributed by atoms with van der Waals surface area (Å²) in [7, 11) is 1.74. The third-order valence-corrected chi connectivity index (χ3v) is 4.66. The first-order valence-electron chi connectivity index (χ1n) is 9.28. The molecular weight excluding hydrogens is 337 g/mol. The number of rotatable bonds is 7. The largest absolute Gasteiger partial charge is 0.377 e. The first kappa shape index (κ1) is 18.8. The number of guanidine groups is 1. The number of ether oxygens (including phenoxy) is 2. The fourth-order valence-corrected chi connectivity index (χ4v) is 3.30. The first-order valence-corrected chi connectivity index (χ1v) is 9.28. The van der Waals surface area contributed by atoms with Crippen molar-refractivity contribution in [1.82, 2.24) is 15.6 Å². The highest BCUT2D eigenvalue weighted by atomic mass is 19.1. The van der Waals surface area contributed by atoms with Gasteiger partial charge in [0.15, 0.2) is 17.6 Å². The van der Waals surface area contributed by atoms with Gasteiger partial charge in [0.2, 0.25) is 0 Å². The average molecular weight is 365 g/mol. The molecule has 1 aromatic rings. The van der Waals surface area contributed by atoms with Gasteiger partial charge < -0.3 is 25.0 Å². The van der Waals surface area contributed by atoms with Crippen molar-refractivity contribution in [2.45, 2.75) is 31.4 Å². The van der Waals surface area contributed by atoms with E-state index in [1.54, 1.807) is 19.3 Å². The maximum atomic E-state index is 13.9. The standard InChI is InChI=1S/C18H28FN5O2/c1-20-18(22-8-11-25-13-15-4-3-10-26-15)23-14-6-9-24(12-14)17-16(19)5-2-7-21-17/h2,5,7,14-15H,3-4,6,8-13H2,1H3,(H2,20,22,23). The Bertz CT molecular complexity index is 595. The van der Waals surface area contributed by atoms with Crippen LogP contribution in [0, 0.1) is 5.82 Å². The van der Waals surface area contributed by atoms with E-state index in [9.17, 15) is 4.39 Å². The Morgan fingerprint density at radius 3 is 3.19 bits per heavy atom. The Morgan fingerprint density at radius 1 is 1.50 bits per heavy atom. The van der Waals surface area contributed by atoms with Crippen LogP contribution in [0.5, 0.6) is 0 Å². The van der Waals surface area contributed by atoms with Crippen LogP contribution in [0.2, 0.25) is 0 Å². The van der Waals surface area contributed by atoms with Crippen molar-refractivity contribution < 1.29 is 13.9 Å². The number of aromatic nitrogens is 1. The second-order valence-corrected chi connectivity index (χ2v) is 6.59. The van der Waals surface area contributed by atoms with Crippen LogP contribution in [0.3, 0.4) is 0 Å². The van der Waals surface area contributed by atoms with Crippen LogP contribution >= 0.6 is 0 Å². The lowest BCUT2D eigenvalue weighted by Gasteiger charge is -2.20. The number of aliphatic imine (C=N–C) groups is 1. The minimum Gasteiger partial charge on any atom is -0.377 e. The molecule has 2 aliphatic heterocycles. The molecule has 3 rings (SSSR count). The summed E-state index contributed by atoms with van der Waals surface area (Å²) in [6.45, 7) is 4.26. The molecular formula is C18H28FN5O2. The van der Waals surface area contributed by atoms with E-state index in [4.69, 9.17) is 9.47 Å². The Kier molecular flexibility index (Phi) is 7.02. The Hall–Kier alpha value is -1.93. The van der Waals surface area contributed by atoms with Gasteiger partial charge in [-0.05, 0) is 31.4 Å². The maximum absolute atomic E-state index is 13.9. The number of hydrogen-bond donors (Lipinski definition) is 2. The van der Waals surface area contributed by atoms with Crippen molar-refractivity contribution in [1.29, 1.82) is 0 Å². The van der Waals surface area contributed by atoms with Crippen LogP contribution < -0.4 is 15.5 Å². The molecule has 8 heteroatoms. The van der Waals surface area contributed by atoms with E-state index in [1.807, 2.05) is 4.90 Å². The highest BCUT2D eigenvalue weighted by Gasteiger charge is 2.25. The quantitative estimate of drug-likeness (QED) is 0.429. The zero-order chi connectivity index (χ0) is 18.2. The average Bonchev–Trinajstić information content (AvgIpc) is 3.33. The number of halogens is 1. The van der Waals surface area contributed by atoms with Crippen LogP contribution in [0.15, 0.2) is 23.3 Å². The van der Waals surface area contributed by atoms with Crippen molar-refractivity contribution in [3.05, 3.63) is 24.1 Å². The van der Waals surface area contributed by atoms with Crippen LogP contribution in [0.25, 0.3) is 0 Å². The molecule has 0 amide bonds. The second-order valence-electron chi connectivity index (χ2n) is 6.59. The van der Waals surface area contributed by atoms with Gasteiger partial charge in [-0.15, -0.1) is 0 Å². The smallest absolute Gasteiger partial charge is 0.191 e. The van der Waals surface area contributed by atoms with Crippen LogP contribution in [-0.4, -0.2) is 69.6 Å². The lowest BCUT2D eigenvalue weighted by Crippen LogP contribution is -2.45. The summed E-state index contributed by atoms with van der Waals surface area (Å²) in [6, 6.07) is 3.26. The number of anilines is 1. The molecule has 2 N–H and O–H groups in total. The Balaban J connectivity index is 1.35. The van der Waals surface area contributed by atoms with Gasteiger partial charge in [0, 0.05) is 45.5 Å². The molecule has 2 saturated heterocycles. The molecule has 0 spiro atoms. The van der Waals surface area contributed by atoms with Gasteiger partial charge >= 0.3 is 0 Å². The highest BCUT2D eigenvalue weighted by Crippen LogP contribution is 2.20. The van der Waals surface area contributed by atoms with Gasteiger partial charge in [-0.1, -0.05) is 0 Å². The summed E-state index contributed by atoms with van der Waals surface area (Å²) in [5.74, 6) is 0.875.